The van der Waals surface area contributed by atoms with Crippen molar-refractivity contribution in [2.75, 3.05) is 36.4 Å². The van der Waals surface area contributed by atoms with Gasteiger partial charge in [0.25, 0.3) is 0 Å². The van der Waals surface area contributed by atoms with Crippen molar-refractivity contribution in [2.24, 2.45) is 0 Å². The van der Waals surface area contributed by atoms with Crippen molar-refractivity contribution in [2.45, 2.75) is 6.92 Å². The van der Waals surface area contributed by atoms with Gasteiger partial charge in [0.05, 0.1) is 5.69 Å². The van der Waals surface area contributed by atoms with Crippen LogP contribution in [0.4, 0.5) is 17.5 Å². The lowest BCUT2D eigenvalue weighted by atomic mass is 10.1. The maximum atomic E-state index is 11.0. The normalized spacial score (nSPS) is 14.0. The van der Waals surface area contributed by atoms with E-state index in [9.17, 15) is 4.79 Å². The van der Waals surface area contributed by atoms with Gasteiger partial charge in [0, 0.05) is 43.5 Å². The fraction of sp³-hybridized carbons (Fsp3) is 0.227. The smallest absolute Gasteiger partial charge is 0.228 e. The van der Waals surface area contributed by atoms with Crippen LogP contribution in [-0.2, 0) is 4.79 Å². The molecule has 28 heavy (non-hydrogen) atoms. The Labute approximate surface area is 164 Å². The first kappa shape index (κ1) is 18.0. The zero-order chi connectivity index (χ0) is 19.3. The first-order valence-electron chi connectivity index (χ1n) is 9.44. The monoisotopic (exact) mass is 373 g/mol. The molecule has 1 saturated heterocycles. The standard InChI is InChI=1S/C22H23N5O/c1-17-7-5-6-10-19(17)23-21-15-20(18-8-3-2-4-9-18)24-22(25-21)27-13-11-26(16-28)12-14-27/h2-10,15-16H,11-14H2,1H3,(H,23,24,25). The molecule has 0 radical (unpaired) electrons. The minimum Gasteiger partial charge on any atom is -0.342 e. The molecular formula is C22H23N5O. The third kappa shape index (κ3) is 3.96. The van der Waals surface area contributed by atoms with Gasteiger partial charge in [0.15, 0.2) is 0 Å². The van der Waals surface area contributed by atoms with Gasteiger partial charge in [-0.2, -0.15) is 4.98 Å². The number of carbonyl (C=O) groups excluding carboxylic acids is 1. The third-order valence-corrected chi connectivity index (χ3v) is 4.94. The second-order valence-electron chi connectivity index (χ2n) is 6.87. The summed E-state index contributed by atoms with van der Waals surface area (Å²) in [5, 5.41) is 3.44. The highest BCUT2D eigenvalue weighted by Gasteiger charge is 2.19. The van der Waals surface area contributed by atoms with E-state index in [1.807, 2.05) is 54.6 Å². The van der Waals surface area contributed by atoms with Crippen LogP contribution in [0.1, 0.15) is 5.56 Å². The first-order valence-corrected chi connectivity index (χ1v) is 9.44. The number of amides is 1. The maximum absolute atomic E-state index is 11.0. The van der Waals surface area contributed by atoms with Crippen molar-refractivity contribution in [3.63, 3.8) is 0 Å². The lowest BCUT2D eigenvalue weighted by molar-refractivity contribution is -0.118. The van der Waals surface area contributed by atoms with E-state index in [1.54, 1.807) is 4.90 Å². The zero-order valence-electron chi connectivity index (χ0n) is 15.9. The summed E-state index contributed by atoms with van der Waals surface area (Å²) in [6.45, 7) is 4.88. The molecule has 0 spiro atoms. The summed E-state index contributed by atoms with van der Waals surface area (Å²) in [5.74, 6) is 1.44. The first-order chi connectivity index (χ1) is 13.7. The number of aryl methyl sites for hydroxylation is 1. The molecule has 2 aromatic carbocycles. The number of carbonyl (C=O) groups is 1. The van der Waals surface area contributed by atoms with E-state index in [0.717, 1.165) is 47.8 Å². The molecule has 0 aliphatic carbocycles. The van der Waals surface area contributed by atoms with E-state index in [2.05, 4.69) is 23.2 Å². The van der Waals surface area contributed by atoms with Gasteiger partial charge in [0.2, 0.25) is 12.4 Å². The van der Waals surface area contributed by atoms with Crippen LogP contribution < -0.4 is 10.2 Å². The molecule has 2 heterocycles. The number of rotatable bonds is 5. The Balaban J connectivity index is 1.69. The number of para-hydroxylation sites is 1. The second-order valence-corrected chi connectivity index (χ2v) is 6.87. The van der Waals surface area contributed by atoms with Gasteiger partial charge in [-0.3, -0.25) is 4.79 Å². The van der Waals surface area contributed by atoms with Crippen LogP contribution in [0.15, 0.2) is 60.7 Å². The minimum absolute atomic E-state index is 0.683. The quantitative estimate of drug-likeness (QED) is 0.694. The summed E-state index contributed by atoms with van der Waals surface area (Å²) in [6.07, 6.45) is 0.907. The van der Waals surface area contributed by atoms with Crippen LogP contribution in [0.25, 0.3) is 11.3 Å². The lowest BCUT2D eigenvalue weighted by Gasteiger charge is -2.32. The number of piperazine rings is 1. The molecule has 0 bridgehead atoms. The molecular weight excluding hydrogens is 350 g/mol. The number of anilines is 3. The van der Waals surface area contributed by atoms with E-state index >= 15 is 0 Å². The van der Waals surface area contributed by atoms with Crippen molar-refractivity contribution in [1.29, 1.82) is 0 Å². The average molecular weight is 373 g/mol. The summed E-state index contributed by atoms with van der Waals surface area (Å²) in [5.41, 5.74) is 4.10. The van der Waals surface area contributed by atoms with Crippen LogP contribution >= 0.6 is 0 Å². The molecule has 142 valence electrons. The highest BCUT2D eigenvalue weighted by Crippen LogP contribution is 2.26. The Bertz CT molecular complexity index is 952. The Morgan fingerprint density at radius 3 is 2.36 bits per heavy atom. The van der Waals surface area contributed by atoms with E-state index in [-0.39, 0.29) is 0 Å². The van der Waals surface area contributed by atoms with Crippen molar-refractivity contribution in [3.05, 3.63) is 66.2 Å². The second kappa shape index (κ2) is 8.08. The molecule has 6 heteroatoms. The summed E-state index contributed by atoms with van der Waals surface area (Å²) < 4.78 is 0. The largest absolute Gasteiger partial charge is 0.342 e. The molecule has 0 atom stereocenters. The van der Waals surface area contributed by atoms with Gasteiger partial charge >= 0.3 is 0 Å². The molecule has 3 aromatic rings. The molecule has 4 rings (SSSR count). The topological polar surface area (TPSA) is 61.4 Å². The van der Waals surface area contributed by atoms with Crippen LogP contribution in [0, 0.1) is 6.92 Å². The Kier molecular flexibility index (Phi) is 5.19. The molecule has 1 fully saturated rings. The highest BCUT2D eigenvalue weighted by molar-refractivity contribution is 5.68. The molecule has 1 aromatic heterocycles. The number of benzene rings is 2. The van der Waals surface area contributed by atoms with Crippen molar-refractivity contribution in [3.8, 4) is 11.3 Å². The van der Waals surface area contributed by atoms with Crippen LogP contribution in [-0.4, -0.2) is 47.5 Å². The van der Waals surface area contributed by atoms with Crippen LogP contribution in [0.2, 0.25) is 0 Å². The van der Waals surface area contributed by atoms with Gasteiger partial charge in [-0.15, -0.1) is 0 Å². The summed E-state index contributed by atoms with van der Waals surface area (Å²) in [4.78, 5) is 24.5. The van der Waals surface area contributed by atoms with Gasteiger partial charge in [-0.25, -0.2) is 4.98 Å². The minimum atomic E-state index is 0.683. The molecule has 0 unspecified atom stereocenters. The molecule has 0 saturated carbocycles. The third-order valence-electron chi connectivity index (χ3n) is 4.94. The summed E-state index contributed by atoms with van der Waals surface area (Å²) >= 11 is 0. The Hall–Kier alpha value is -3.41. The van der Waals surface area contributed by atoms with Crippen molar-refractivity contribution in [1.82, 2.24) is 14.9 Å². The predicted octanol–water partition coefficient (Wildman–Crippen LogP) is 3.47. The fourth-order valence-electron chi connectivity index (χ4n) is 3.28. The van der Waals surface area contributed by atoms with Crippen LogP contribution in [0.3, 0.4) is 0 Å². The highest BCUT2D eigenvalue weighted by atomic mass is 16.1. The predicted molar refractivity (Wildman–Crippen MR) is 112 cm³/mol. The molecule has 1 amide bonds. The molecule has 1 aliphatic rings. The SMILES string of the molecule is Cc1ccccc1Nc1cc(-c2ccccc2)nc(N2CCN(C=O)CC2)n1. The zero-order valence-corrected chi connectivity index (χ0v) is 15.9. The number of hydrogen-bond donors (Lipinski definition) is 1. The molecule has 6 nitrogen and oxygen atoms in total. The van der Waals surface area contributed by atoms with Gasteiger partial charge in [-0.1, -0.05) is 48.5 Å². The van der Waals surface area contributed by atoms with E-state index in [1.165, 1.54) is 0 Å². The van der Waals surface area contributed by atoms with Crippen LogP contribution in [0.5, 0.6) is 0 Å². The summed E-state index contributed by atoms with van der Waals surface area (Å²) in [7, 11) is 0. The van der Waals surface area contributed by atoms with E-state index < -0.39 is 0 Å². The van der Waals surface area contributed by atoms with E-state index in [4.69, 9.17) is 9.97 Å². The van der Waals surface area contributed by atoms with E-state index in [0.29, 0.717) is 19.0 Å². The number of hydrogen-bond acceptors (Lipinski definition) is 5. The van der Waals surface area contributed by atoms with Gasteiger partial charge < -0.3 is 15.1 Å². The molecule has 1 N–H and O–H groups in total. The van der Waals surface area contributed by atoms with Gasteiger partial charge in [0.1, 0.15) is 5.82 Å². The number of aromatic nitrogens is 2. The lowest BCUT2D eigenvalue weighted by Crippen LogP contribution is -2.46. The summed E-state index contributed by atoms with van der Waals surface area (Å²) in [6, 6.07) is 20.2. The fourth-order valence-corrected chi connectivity index (χ4v) is 3.28. The maximum Gasteiger partial charge on any atom is 0.228 e. The van der Waals surface area contributed by atoms with Crippen molar-refractivity contribution >= 4 is 23.9 Å². The molecule has 1 aliphatic heterocycles. The Morgan fingerprint density at radius 2 is 1.64 bits per heavy atom. The van der Waals surface area contributed by atoms with Crippen molar-refractivity contribution < 1.29 is 4.79 Å². The number of nitrogens with zero attached hydrogens (tertiary/aromatic N) is 4. The average Bonchev–Trinajstić information content (AvgIpc) is 2.76. The van der Waals surface area contributed by atoms with Gasteiger partial charge in [-0.05, 0) is 18.6 Å². The number of nitrogens with one attached hydrogen (secondary N) is 1. The Morgan fingerprint density at radius 1 is 0.929 bits per heavy atom.